The fraction of sp³-hybridized carbons (Fsp3) is 0.231. The summed E-state index contributed by atoms with van der Waals surface area (Å²) >= 11 is 10.8. The number of carbonyl (C=O) groups is 1. The van der Waals surface area contributed by atoms with Crippen LogP contribution in [0.5, 0.6) is 0 Å². The molecular formula is C13H12BrClN2OS. The van der Waals surface area contributed by atoms with E-state index in [1.807, 2.05) is 12.3 Å². The molecule has 2 rings (SSSR count). The average molecular weight is 360 g/mol. The second-order valence-electron chi connectivity index (χ2n) is 4.01. The van der Waals surface area contributed by atoms with Gasteiger partial charge in [-0.05, 0) is 41.1 Å². The lowest BCUT2D eigenvalue weighted by Crippen LogP contribution is -2.26. The highest BCUT2D eigenvalue weighted by Gasteiger charge is 2.10. The number of hydrogen-bond acceptors (Lipinski definition) is 3. The molecule has 1 amide bonds. The van der Waals surface area contributed by atoms with Crippen molar-refractivity contribution in [3.05, 3.63) is 49.3 Å². The molecule has 1 aromatic heterocycles. The third kappa shape index (κ3) is 4.03. The Labute approximate surface area is 129 Å². The van der Waals surface area contributed by atoms with E-state index < -0.39 is 0 Å². The Morgan fingerprint density at radius 1 is 1.53 bits per heavy atom. The minimum atomic E-state index is -0.114. The van der Waals surface area contributed by atoms with Crippen molar-refractivity contribution in [1.29, 1.82) is 0 Å². The molecule has 0 fully saturated rings. The van der Waals surface area contributed by atoms with E-state index in [1.165, 1.54) is 0 Å². The van der Waals surface area contributed by atoms with Crippen molar-refractivity contribution in [1.82, 2.24) is 10.3 Å². The van der Waals surface area contributed by atoms with Crippen LogP contribution in [-0.4, -0.2) is 17.4 Å². The predicted molar refractivity (Wildman–Crippen MR) is 82.0 cm³/mol. The molecule has 1 aromatic carbocycles. The fourth-order valence-corrected chi connectivity index (χ4v) is 3.21. The van der Waals surface area contributed by atoms with Crippen LogP contribution in [0.3, 0.4) is 0 Å². The number of nitrogens with zero attached hydrogens (tertiary/aromatic N) is 1. The first kappa shape index (κ1) is 14.5. The van der Waals surface area contributed by atoms with Gasteiger partial charge in [0.25, 0.3) is 5.91 Å². The molecule has 0 atom stereocenters. The largest absolute Gasteiger partial charge is 0.352 e. The SMILES string of the molecule is Cc1csc(CCNC(=O)c2ccc(Cl)cc2Br)n1. The van der Waals surface area contributed by atoms with E-state index in [4.69, 9.17) is 11.6 Å². The van der Waals surface area contributed by atoms with Gasteiger partial charge in [-0.15, -0.1) is 11.3 Å². The number of nitrogens with one attached hydrogen (secondary N) is 1. The Balaban J connectivity index is 1.90. The molecule has 0 radical (unpaired) electrons. The summed E-state index contributed by atoms with van der Waals surface area (Å²) in [5.41, 5.74) is 1.60. The minimum absolute atomic E-state index is 0.114. The van der Waals surface area contributed by atoms with Gasteiger partial charge >= 0.3 is 0 Å². The summed E-state index contributed by atoms with van der Waals surface area (Å²) in [5.74, 6) is -0.114. The van der Waals surface area contributed by atoms with Crippen molar-refractivity contribution in [2.24, 2.45) is 0 Å². The van der Waals surface area contributed by atoms with Gasteiger partial charge in [0.15, 0.2) is 0 Å². The van der Waals surface area contributed by atoms with Crippen LogP contribution in [0.4, 0.5) is 0 Å². The summed E-state index contributed by atoms with van der Waals surface area (Å²) in [6.45, 7) is 2.53. The van der Waals surface area contributed by atoms with Gasteiger partial charge in [0.05, 0.1) is 10.6 Å². The maximum Gasteiger partial charge on any atom is 0.252 e. The summed E-state index contributed by atoms with van der Waals surface area (Å²) in [6.07, 6.45) is 0.745. The van der Waals surface area contributed by atoms with Gasteiger partial charge in [0.2, 0.25) is 0 Å². The Kier molecular flexibility index (Phi) is 4.96. The number of hydrogen-bond donors (Lipinski definition) is 1. The van der Waals surface area contributed by atoms with E-state index in [9.17, 15) is 4.79 Å². The monoisotopic (exact) mass is 358 g/mol. The standard InChI is InChI=1S/C13H12BrClN2OS/c1-8-7-19-12(17-8)4-5-16-13(18)10-3-2-9(15)6-11(10)14/h2-3,6-7H,4-5H2,1H3,(H,16,18). The summed E-state index contributed by atoms with van der Waals surface area (Å²) in [5, 5.41) is 6.51. The third-order valence-electron chi connectivity index (χ3n) is 2.47. The van der Waals surface area contributed by atoms with Gasteiger partial charge < -0.3 is 5.32 Å². The molecule has 6 heteroatoms. The van der Waals surface area contributed by atoms with Crippen molar-refractivity contribution in [2.45, 2.75) is 13.3 Å². The normalized spacial score (nSPS) is 10.5. The average Bonchev–Trinajstić information content (AvgIpc) is 2.75. The maximum atomic E-state index is 12.0. The van der Waals surface area contributed by atoms with Gasteiger partial charge in [0.1, 0.15) is 0 Å². The molecule has 1 N–H and O–H groups in total. The zero-order valence-electron chi connectivity index (χ0n) is 10.2. The Morgan fingerprint density at radius 3 is 2.95 bits per heavy atom. The van der Waals surface area contributed by atoms with Crippen LogP contribution in [0.2, 0.25) is 5.02 Å². The first-order chi connectivity index (χ1) is 9.06. The van der Waals surface area contributed by atoms with Crippen LogP contribution in [0.15, 0.2) is 28.1 Å². The van der Waals surface area contributed by atoms with Crippen molar-refractivity contribution >= 4 is 44.8 Å². The highest BCUT2D eigenvalue weighted by Crippen LogP contribution is 2.21. The van der Waals surface area contributed by atoms with E-state index in [-0.39, 0.29) is 5.91 Å². The Hall–Kier alpha value is -0.910. The van der Waals surface area contributed by atoms with Crippen molar-refractivity contribution < 1.29 is 4.79 Å². The quantitative estimate of drug-likeness (QED) is 0.901. The topological polar surface area (TPSA) is 42.0 Å². The fourth-order valence-electron chi connectivity index (χ4n) is 1.57. The molecule has 0 aliphatic heterocycles. The number of rotatable bonds is 4. The summed E-state index contributed by atoms with van der Waals surface area (Å²) in [7, 11) is 0. The van der Waals surface area contributed by atoms with E-state index in [0.717, 1.165) is 17.1 Å². The van der Waals surface area contributed by atoms with Crippen LogP contribution >= 0.6 is 38.9 Å². The predicted octanol–water partition coefficient (Wildman–Crippen LogP) is 3.84. The number of amides is 1. The van der Waals surface area contributed by atoms with Crippen LogP contribution < -0.4 is 5.32 Å². The van der Waals surface area contributed by atoms with Gasteiger partial charge in [-0.2, -0.15) is 0 Å². The van der Waals surface area contributed by atoms with Crippen molar-refractivity contribution in [3.8, 4) is 0 Å². The van der Waals surface area contributed by atoms with Crippen LogP contribution in [-0.2, 0) is 6.42 Å². The molecular weight excluding hydrogens is 348 g/mol. The smallest absolute Gasteiger partial charge is 0.252 e. The first-order valence-corrected chi connectivity index (χ1v) is 7.75. The summed E-state index contributed by atoms with van der Waals surface area (Å²) in [6, 6.07) is 5.11. The van der Waals surface area contributed by atoms with E-state index in [1.54, 1.807) is 29.5 Å². The van der Waals surface area contributed by atoms with Gasteiger partial charge in [-0.25, -0.2) is 4.98 Å². The molecule has 0 aliphatic rings. The molecule has 0 unspecified atom stereocenters. The van der Waals surface area contributed by atoms with Gasteiger partial charge in [0, 0.05) is 33.5 Å². The van der Waals surface area contributed by atoms with Crippen LogP contribution in [0, 0.1) is 6.92 Å². The van der Waals surface area contributed by atoms with Crippen molar-refractivity contribution in [3.63, 3.8) is 0 Å². The summed E-state index contributed by atoms with van der Waals surface area (Å²) in [4.78, 5) is 16.3. The molecule has 3 nitrogen and oxygen atoms in total. The lowest BCUT2D eigenvalue weighted by molar-refractivity contribution is 0.0953. The second kappa shape index (κ2) is 6.50. The number of aryl methyl sites for hydroxylation is 1. The molecule has 0 saturated heterocycles. The number of carbonyl (C=O) groups excluding carboxylic acids is 1. The van der Waals surface area contributed by atoms with Crippen LogP contribution in [0.1, 0.15) is 21.1 Å². The molecule has 0 bridgehead atoms. The molecule has 2 aromatic rings. The first-order valence-electron chi connectivity index (χ1n) is 5.70. The molecule has 0 aliphatic carbocycles. The number of aromatic nitrogens is 1. The zero-order chi connectivity index (χ0) is 13.8. The van der Waals surface area contributed by atoms with E-state index >= 15 is 0 Å². The molecule has 0 spiro atoms. The lowest BCUT2D eigenvalue weighted by Gasteiger charge is -2.06. The Morgan fingerprint density at radius 2 is 2.32 bits per heavy atom. The minimum Gasteiger partial charge on any atom is -0.352 e. The second-order valence-corrected chi connectivity index (χ2v) is 6.25. The van der Waals surface area contributed by atoms with Crippen molar-refractivity contribution in [2.75, 3.05) is 6.54 Å². The molecule has 100 valence electrons. The maximum absolute atomic E-state index is 12.0. The zero-order valence-corrected chi connectivity index (χ0v) is 13.4. The lowest BCUT2D eigenvalue weighted by atomic mass is 10.2. The van der Waals surface area contributed by atoms with Gasteiger partial charge in [-0.1, -0.05) is 11.6 Å². The molecule has 0 saturated carbocycles. The number of halogens is 2. The highest BCUT2D eigenvalue weighted by molar-refractivity contribution is 9.10. The molecule has 19 heavy (non-hydrogen) atoms. The number of benzene rings is 1. The molecule has 1 heterocycles. The summed E-state index contributed by atoms with van der Waals surface area (Å²) < 4.78 is 0.697. The number of thiazole rings is 1. The van der Waals surface area contributed by atoms with E-state index in [0.29, 0.717) is 21.6 Å². The van der Waals surface area contributed by atoms with Crippen LogP contribution in [0.25, 0.3) is 0 Å². The van der Waals surface area contributed by atoms with E-state index in [2.05, 4.69) is 26.2 Å². The highest BCUT2D eigenvalue weighted by atomic mass is 79.9. The van der Waals surface area contributed by atoms with Gasteiger partial charge in [-0.3, -0.25) is 4.79 Å². The third-order valence-corrected chi connectivity index (χ3v) is 4.38. The Bertz CT molecular complexity index is 600.